The van der Waals surface area contributed by atoms with Gasteiger partial charge in [0.25, 0.3) is 0 Å². The van der Waals surface area contributed by atoms with E-state index in [4.69, 9.17) is 0 Å². The van der Waals surface area contributed by atoms with Crippen molar-refractivity contribution in [1.29, 1.82) is 0 Å². The summed E-state index contributed by atoms with van der Waals surface area (Å²) in [6.07, 6.45) is 0. The number of thiophene rings is 1. The Hall–Kier alpha value is -7.89. The largest absolute Gasteiger partial charge is 0.310 e. The van der Waals surface area contributed by atoms with Gasteiger partial charge in [-0.15, -0.1) is 11.3 Å². The molecule has 0 fully saturated rings. The topological polar surface area (TPSA) is 8.17 Å². The number of fused-ring (bicyclic) bond motifs is 15. The molecule has 3 heterocycles. The third-order valence-electron chi connectivity index (χ3n) is 14.6. The van der Waals surface area contributed by atoms with Crippen molar-refractivity contribution in [1.82, 2.24) is 4.57 Å². The van der Waals surface area contributed by atoms with Gasteiger partial charge in [0.15, 0.2) is 0 Å². The van der Waals surface area contributed by atoms with E-state index in [1.807, 2.05) is 23.1 Å². The van der Waals surface area contributed by atoms with Crippen molar-refractivity contribution in [3.05, 3.63) is 253 Å². The summed E-state index contributed by atoms with van der Waals surface area (Å²) >= 11 is 3.77. The molecule has 4 heteroatoms. The summed E-state index contributed by atoms with van der Waals surface area (Å²) in [5.41, 5.74) is 14.3. The first-order valence-electron chi connectivity index (χ1n) is 23.0. The van der Waals surface area contributed by atoms with E-state index in [0.717, 1.165) is 17.1 Å². The summed E-state index contributed by atoms with van der Waals surface area (Å²) in [4.78, 5) is 5.13. The van der Waals surface area contributed by atoms with Gasteiger partial charge >= 0.3 is 0 Å². The summed E-state index contributed by atoms with van der Waals surface area (Å²) < 4.78 is 5.05. The highest BCUT2D eigenvalue weighted by Gasteiger charge is 2.48. The van der Waals surface area contributed by atoms with Crippen molar-refractivity contribution >= 4 is 104 Å². The molecule has 1 spiro atoms. The van der Waals surface area contributed by atoms with Gasteiger partial charge in [0.05, 0.1) is 27.8 Å². The first-order chi connectivity index (χ1) is 33.2. The number of nitrogens with zero attached hydrogens (tertiary/aromatic N) is 2. The van der Waals surface area contributed by atoms with E-state index < -0.39 is 5.41 Å². The predicted octanol–water partition coefficient (Wildman–Crippen LogP) is 17.8. The highest BCUT2D eigenvalue weighted by molar-refractivity contribution is 7.99. The van der Waals surface area contributed by atoms with Crippen LogP contribution in [0.3, 0.4) is 0 Å². The van der Waals surface area contributed by atoms with Crippen LogP contribution in [0.15, 0.2) is 240 Å². The zero-order chi connectivity index (χ0) is 43.8. The monoisotopic (exact) mass is 886 g/mol. The lowest BCUT2D eigenvalue weighted by atomic mass is 9.59. The molecule has 1 unspecified atom stereocenters. The molecule has 15 rings (SSSR count). The highest BCUT2D eigenvalue weighted by atomic mass is 32.2. The number of para-hydroxylation sites is 1. The van der Waals surface area contributed by atoms with Crippen LogP contribution in [0.5, 0.6) is 0 Å². The Bertz CT molecular complexity index is 4220. The summed E-state index contributed by atoms with van der Waals surface area (Å²) in [5, 5.41) is 10.1. The predicted molar refractivity (Wildman–Crippen MR) is 285 cm³/mol. The molecule has 312 valence electrons. The summed E-state index contributed by atoms with van der Waals surface area (Å²) in [6, 6.07) is 86.6. The lowest BCUT2D eigenvalue weighted by Gasteiger charge is -2.46. The molecule has 0 radical (unpaired) electrons. The number of hydrogen-bond donors (Lipinski definition) is 0. The molecule has 2 nitrogen and oxygen atoms in total. The first-order valence-corrected chi connectivity index (χ1v) is 24.6. The van der Waals surface area contributed by atoms with Gasteiger partial charge in [-0.05, 0) is 116 Å². The van der Waals surface area contributed by atoms with Crippen LogP contribution in [0.2, 0.25) is 0 Å². The highest BCUT2D eigenvalue weighted by Crippen LogP contribution is 2.62. The van der Waals surface area contributed by atoms with E-state index in [1.165, 1.54) is 112 Å². The minimum Gasteiger partial charge on any atom is -0.310 e. The number of rotatable bonds is 4. The van der Waals surface area contributed by atoms with Crippen LogP contribution in [0.1, 0.15) is 22.3 Å². The van der Waals surface area contributed by atoms with Crippen LogP contribution in [-0.4, -0.2) is 4.57 Å². The van der Waals surface area contributed by atoms with Crippen LogP contribution in [0, 0.1) is 0 Å². The molecule has 11 aromatic carbocycles. The van der Waals surface area contributed by atoms with E-state index in [1.54, 1.807) is 0 Å². The number of aromatic nitrogens is 1. The maximum atomic E-state index is 2.55. The molecule has 2 aromatic heterocycles. The molecule has 1 aliphatic heterocycles. The van der Waals surface area contributed by atoms with E-state index in [0.29, 0.717) is 0 Å². The van der Waals surface area contributed by atoms with Gasteiger partial charge in [0.1, 0.15) is 0 Å². The molecule has 0 saturated carbocycles. The van der Waals surface area contributed by atoms with Crippen molar-refractivity contribution < 1.29 is 0 Å². The molecule has 2 aliphatic rings. The fourth-order valence-corrected chi connectivity index (χ4v) is 14.2. The smallest absolute Gasteiger partial charge is 0.0736 e. The van der Waals surface area contributed by atoms with Crippen LogP contribution in [0.4, 0.5) is 17.1 Å². The lowest BCUT2D eigenvalue weighted by Crippen LogP contribution is -2.36. The van der Waals surface area contributed by atoms with E-state index in [-0.39, 0.29) is 0 Å². The molecular formula is C63H38N2S2. The van der Waals surface area contributed by atoms with Crippen molar-refractivity contribution in [2.24, 2.45) is 0 Å². The molecule has 0 saturated heterocycles. The molecular weight excluding hydrogens is 849 g/mol. The Morgan fingerprint density at radius 1 is 0.373 bits per heavy atom. The second-order valence-corrected chi connectivity index (χ2v) is 20.1. The van der Waals surface area contributed by atoms with Gasteiger partial charge in [-0.3, -0.25) is 0 Å². The van der Waals surface area contributed by atoms with E-state index in [9.17, 15) is 0 Å². The summed E-state index contributed by atoms with van der Waals surface area (Å²) in [5.74, 6) is 0. The number of anilines is 3. The minimum atomic E-state index is -0.574. The molecule has 0 amide bonds. The average molecular weight is 887 g/mol. The van der Waals surface area contributed by atoms with Crippen molar-refractivity contribution in [2.75, 3.05) is 4.90 Å². The molecule has 0 bridgehead atoms. The van der Waals surface area contributed by atoms with Gasteiger partial charge in [-0.25, -0.2) is 0 Å². The lowest BCUT2D eigenvalue weighted by molar-refractivity contribution is 0.707. The molecule has 0 N–H and O–H groups in total. The van der Waals surface area contributed by atoms with Gasteiger partial charge in [0, 0.05) is 57.5 Å². The summed E-state index contributed by atoms with van der Waals surface area (Å²) in [7, 11) is 0. The fraction of sp³-hybridized carbons (Fsp3) is 0.0159. The standard InChI is InChI=1S/C63H38N2S2/c1-2-19-43-39(15-1)16-13-28-53(43)65-54-27-8-4-21-45(54)46-35-33-42(38-56(46)65)64(55-29-14-32-60-62(55)48-22-5-9-30-57(48)66-60)41-34-36-59-52(37-41)63(50-25-7-10-31-58(50)67-59)49-24-6-3-20-44(49)47-23-11-17-40-18-12-26-51(63)61(40)47/h1-38H. The quantitative estimate of drug-likeness (QED) is 0.174. The van der Waals surface area contributed by atoms with Crippen LogP contribution < -0.4 is 4.90 Å². The second kappa shape index (κ2) is 14.1. The SMILES string of the molecule is c1ccc2c(c1)Sc1ccc(N(c3ccc4c5ccccc5n(-c5cccc6ccccc56)c4c3)c3cccc4sc5ccccc5c34)cc1C21c2ccccc2-c2cccc3cccc1c23. The maximum absolute atomic E-state index is 2.55. The van der Waals surface area contributed by atoms with E-state index in [2.05, 4.69) is 240 Å². The molecule has 67 heavy (non-hydrogen) atoms. The molecule has 1 atom stereocenters. The fourth-order valence-electron chi connectivity index (χ4n) is 11.9. The second-order valence-electron chi connectivity index (χ2n) is 17.9. The van der Waals surface area contributed by atoms with Crippen molar-refractivity contribution in [3.8, 4) is 16.8 Å². The number of benzene rings is 11. The normalized spacial score (nSPS) is 14.9. The Morgan fingerprint density at radius 3 is 1.94 bits per heavy atom. The van der Waals surface area contributed by atoms with Gasteiger partial charge in [-0.2, -0.15) is 0 Å². The van der Waals surface area contributed by atoms with E-state index >= 15 is 0 Å². The van der Waals surface area contributed by atoms with Gasteiger partial charge in [-0.1, -0.05) is 176 Å². The maximum Gasteiger partial charge on any atom is 0.0736 e. The van der Waals surface area contributed by atoms with Crippen molar-refractivity contribution in [2.45, 2.75) is 15.2 Å². The zero-order valence-electron chi connectivity index (χ0n) is 36.2. The third kappa shape index (κ3) is 5.12. The number of hydrogen-bond acceptors (Lipinski definition) is 3. The zero-order valence-corrected chi connectivity index (χ0v) is 37.8. The van der Waals surface area contributed by atoms with Crippen LogP contribution >= 0.6 is 23.1 Å². The minimum absolute atomic E-state index is 0.574. The summed E-state index contributed by atoms with van der Waals surface area (Å²) in [6.45, 7) is 0. The Kier molecular flexibility index (Phi) is 7.84. The van der Waals surface area contributed by atoms with Crippen LogP contribution in [0.25, 0.3) is 80.3 Å². The molecule has 13 aromatic rings. The first kappa shape index (κ1) is 37.3. The van der Waals surface area contributed by atoms with Crippen molar-refractivity contribution in [3.63, 3.8) is 0 Å². The molecule has 1 aliphatic carbocycles. The Labute approximate surface area is 395 Å². The van der Waals surface area contributed by atoms with Gasteiger partial charge in [0.2, 0.25) is 0 Å². The van der Waals surface area contributed by atoms with Crippen LogP contribution in [-0.2, 0) is 5.41 Å². The third-order valence-corrected chi connectivity index (χ3v) is 16.9. The Morgan fingerprint density at radius 2 is 1.00 bits per heavy atom. The Balaban J connectivity index is 1.06. The average Bonchev–Trinajstić information content (AvgIpc) is 3.93. The van der Waals surface area contributed by atoms with Gasteiger partial charge < -0.3 is 9.47 Å².